The summed E-state index contributed by atoms with van der Waals surface area (Å²) in [6, 6.07) is 1.71. The number of alkyl halides is 2. The van der Waals surface area contributed by atoms with E-state index in [0.717, 1.165) is 6.07 Å². The minimum atomic E-state index is -4.26. The van der Waals surface area contributed by atoms with Crippen molar-refractivity contribution >= 4 is 5.91 Å². The topological polar surface area (TPSA) is 64.3 Å². The first-order valence-corrected chi connectivity index (χ1v) is 3.90. The van der Waals surface area contributed by atoms with Crippen molar-refractivity contribution in [3.63, 3.8) is 0 Å². The Morgan fingerprint density at radius 2 is 1.94 bits per heavy atom. The molecule has 0 aliphatic heterocycles. The molecule has 1 aromatic carbocycles. The highest BCUT2D eigenvalue weighted by Crippen LogP contribution is 2.23. The normalized spacial score (nSPS) is 11.1. The van der Waals surface area contributed by atoms with Crippen LogP contribution in [0.2, 0.25) is 0 Å². The molecule has 0 bridgehead atoms. The molecule has 0 radical (unpaired) electrons. The Bertz CT molecular complexity index is 411. The van der Waals surface area contributed by atoms with Crippen molar-refractivity contribution in [2.45, 2.75) is 6.11 Å². The number of nitrogens with two attached hydrogens (primary N) is 1. The van der Waals surface area contributed by atoms with Crippen molar-refractivity contribution in [2.75, 3.05) is 0 Å². The van der Waals surface area contributed by atoms with Gasteiger partial charge in [0.1, 0.15) is 5.75 Å². The highest BCUT2D eigenvalue weighted by molar-refractivity contribution is 5.81. The maximum Gasteiger partial charge on any atom is 0.483 e. The van der Waals surface area contributed by atoms with Gasteiger partial charge in [-0.15, -0.1) is 0 Å². The van der Waals surface area contributed by atoms with E-state index in [1.807, 2.05) is 0 Å². The molecule has 0 aromatic heterocycles. The summed E-state index contributed by atoms with van der Waals surface area (Å²) in [5.74, 6) is -0.731. The van der Waals surface area contributed by atoms with Crippen LogP contribution in [0.1, 0.15) is 0 Å². The second kappa shape index (κ2) is 4.35. The third kappa shape index (κ3) is 2.60. The minimum absolute atomic E-state index is 0.382. The number of hydrazine groups is 1. The lowest BCUT2D eigenvalue weighted by atomic mass is 10.3. The summed E-state index contributed by atoms with van der Waals surface area (Å²) in [6.07, 6.45) is -4.26. The van der Waals surface area contributed by atoms with E-state index in [1.54, 1.807) is 0 Å². The Morgan fingerprint density at radius 1 is 1.31 bits per heavy atom. The molecule has 0 aliphatic carbocycles. The molecule has 0 spiro atoms. The Balaban J connectivity index is 2.88. The molecular weight excluding hydrogens is 232 g/mol. The van der Waals surface area contributed by atoms with E-state index in [0.29, 0.717) is 12.1 Å². The van der Waals surface area contributed by atoms with Crippen LogP contribution in [0.4, 0.5) is 17.6 Å². The molecule has 3 N–H and O–H groups in total. The largest absolute Gasteiger partial charge is 0.483 e. The predicted molar refractivity (Wildman–Crippen MR) is 44.3 cm³/mol. The zero-order chi connectivity index (χ0) is 12.3. The SMILES string of the molecule is NNC(=O)C(F)(F)Oc1ccc(F)c(F)c1. The zero-order valence-electron chi connectivity index (χ0n) is 7.64. The van der Waals surface area contributed by atoms with Crippen molar-refractivity contribution in [3.05, 3.63) is 29.8 Å². The Kier molecular flexibility index (Phi) is 3.33. The maximum atomic E-state index is 12.8. The highest BCUT2D eigenvalue weighted by atomic mass is 19.3. The molecule has 1 aromatic rings. The molecule has 0 unspecified atom stereocenters. The summed E-state index contributed by atoms with van der Waals surface area (Å²) in [7, 11) is 0. The van der Waals surface area contributed by atoms with Gasteiger partial charge < -0.3 is 4.74 Å². The standard InChI is InChI=1S/C8H6F4N2O2/c9-5-2-1-4(3-6(5)10)16-8(11,12)7(15)14-13/h1-3H,13H2,(H,14,15). The van der Waals surface area contributed by atoms with Gasteiger partial charge in [-0.1, -0.05) is 0 Å². The van der Waals surface area contributed by atoms with Gasteiger partial charge in [-0.2, -0.15) is 8.78 Å². The number of amides is 1. The lowest BCUT2D eigenvalue weighted by Gasteiger charge is -2.15. The molecule has 4 nitrogen and oxygen atoms in total. The van der Waals surface area contributed by atoms with Crippen LogP contribution in [-0.4, -0.2) is 12.0 Å². The van der Waals surface area contributed by atoms with Crippen molar-refractivity contribution < 1.29 is 27.1 Å². The van der Waals surface area contributed by atoms with Gasteiger partial charge in [0.15, 0.2) is 11.6 Å². The quantitative estimate of drug-likeness (QED) is 0.356. The number of nitrogens with one attached hydrogen (secondary N) is 1. The van der Waals surface area contributed by atoms with Gasteiger partial charge in [-0.05, 0) is 12.1 Å². The number of hydrogen-bond donors (Lipinski definition) is 2. The van der Waals surface area contributed by atoms with Crippen molar-refractivity contribution in [1.82, 2.24) is 5.43 Å². The predicted octanol–water partition coefficient (Wildman–Crippen LogP) is 0.926. The van der Waals surface area contributed by atoms with Gasteiger partial charge in [0.25, 0.3) is 0 Å². The summed E-state index contributed by atoms with van der Waals surface area (Å²) in [5.41, 5.74) is 1.17. The van der Waals surface area contributed by atoms with E-state index >= 15 is 0 Å². The first-order valence-electron chi connectivity index (χ1n) is 3.90. The summed E-state index contributed by atoms with van der Waals surface area (Å²) in [6.45, 7) is 0. The van der Waals surface area contributed by atoms with Crippen LogP contribution in [0.15, 0.2) is 18.2 Å². The number of carbonyl (C=O) groups excluding carboxylic acids is 1. The Hall–Kier alpha value is -1.83. The average molecular weight is 238 g/mol. The molecule has 88 valence electrons. The highest BCUT2D eigenvalue weighted by Gasteiger charge is 2.41. The summed E-state index contributed by atoms with van der Waals surface area (Å²) in [4.78, 5) is 10.5. The second-order valence-corrected chi connectivity index (χ2v) is 2.67. The van der Waals surface area contributed by atoms with Crippen LogP contribution in [-0.2, 0) is 4.79 Å². The van der Waals surface area contributed by atoms with Gasteiger partial charge in [0, 0.05) is 6.07 Å². The molecular formula is C8H6F4N2O2. The van der Waals surface area contributed by atoms with Crippen molar-refractivity contribution in [2.24, 2.45) is 5.84 Å². The molecule has 1 rings (SSSR count). The van der Waals surface area contributed by atoms with E-state index in [9.17, 15) is 22.4 Å². The van der Waals surface area contributed by atoms with Crippen LogP contribution < -0.4 is 16.0 Å². The van der Waals surface area contributed by atoms with Crippen LogP contribution in [0, 0.1) is 11.6 Å². The Morgan fingerprint density at radius 3 is 2.44 bits per heavy atom. The molecule has 1 amide bonds. The van der Waals surface area contributed by atoms with Gasteiger partial charge in [-0.3, -0.25) is 10.2 Å². The van der Waals surface area contributed by atoms with Crippen LogP contribution in [0.25, 0.3) is 0 Å². The smallest absolute Gasteiger partial charge is 0.425 e. The number of carbonyl (C=O) groups is 1. The number of hydrogen-bond acceptors (Lipinski definition) is 3. The monoisotopic (exact) mass is 238 g/mol. The van der Waals surface area contributed by atoms with Crippen molar-refractivity contribution in [1.29, 1.82) is 0 Å². The summed E-state index contributed by atoms with van der Waals surface area (Å²) < 4.78 is 54.5. The van der Waals surface area contributed by atoms with Crippen LogP contribution >= 0.6 is 0 Å². The van der Waals surface area contributed by atoms with E-state index < -0.39 is 29.4 Å². The van der Waals surface area contributed by atoms with Crippen LogP contribution in [0.5, 0.6) is 5.75 Å². The third-order valence-electron chi connectivity index (χ3n) is 1.53. The summed E-state index contributed by atoms with van der Waals surface area (Å²) >= 11 is 0. The van der Waals surface area contributed by atoms with E-state index in [1.165, 1.54) is 5.43 Å². The number of ether oxygens (including phenoxy) is 1. The maximum absolute atomic E-state index is 12.8. The first-order chi connectivity index (χ1) is 7.36. The molecule has 0 heterocycles. The van der Waals surface area contributed by atoms with E-state index in [-0.39, 0.29) is 0 Å². The number of benzene rings is 1. The number of halogens is 4. The minimum Gasteiger partial charge on any atom is -0.425 e. The van der Waals surface area contributed by atoms with Gasteiger partial charge in [-0.25, -0.2) is 14.6 Å². The average Bonchev–Trinajstić information content (AvgIpc) is 2.22. The fourth-order valence-electron chi connectivity index (χ4n) is 0.819. The molecule has 16 heavy (non-hydrogen) atoms. The lowest BCUT2D eigenvalue weighted by molar-refractivity contribution is -0.192. The first kappa shape index (κ1) is 12.2. The molecule has 8 heteroatoms. The zero-order valence-corrected chi connectivity index (χ0v) is 7.64. The van der Waals surface area contributed by atoms with Gasteiger partial charge >= 0.3 is 12.0 Å². The lowest BCUT2D eigenvalue weighted by Crippen LogP contribution is -2.47. The Labute approximate surface area is 87.0 Å². The van der Waals surface area contributed by atoms with E-state index in [2.05, 4.69) is 10.6 Å². The fraction of sp³-hybridized carbons (Fsp3) is 0.125. The molecule has 0 saturated heterocycles. The summed E-state index contributed by atoms with van der Waals surface area (Å²) in [5, 5.41) is 0. The molecule has 0 atom stereocenters. The van der Waals surface area contributed by atoms with Crippen LogP contribution in [0.3, 0.4) is 0 Å². The van der Waals surface area contributed by atoms with E-state index in [4.69, 9.17) is 0 Å². The molecule has 0 fully saturated rings. The molecule has 0 aliphatic rings. The fourth-order valence-corrected chi connectivity index (χ4v) is 0.819. The second-order valence-electron chi connectivity index (χ2n) is 2.67. The molecule has 0 saturated carbocycles. The van der Waals surface area contributed by atoms with Gasteiger partial charge in [0.05, 0.1) is 0 Å². The van der Waals surface area contributed by atoms with Crippen molar-refractivity contribution in [3.8, 4) is 5.75 Å². The third-order valence-corrected chi connectivity index (χ3v) is 1.53. The van der Waals surface area contributed by atoms with Gasteiger partial charge in [0.2, 0.25) is 0 Å². The number of rotatable bonds is 3.